The summed E-state index contributed by atoms with van der Waals surface area (Å²) in [5, 5.41) is 0. The summed E-state index contributed by atoms with van der Waals surface area (Å²) in [6.07, 6.45) is 10.2. The van der Waals surface area contributed by atoms with E-state index in [4.69, 9.17) is 11.2 Å². The van der Waals surface area contributed by atoms with Crippen LogP contribution in [-0.2, 0) is 0 Å². The fraction of sp³-hybridized carbons (Fsp3) is 0. The SMILES string of the molecule is C#COc1ccncc1. The first-order chi connectivity index (χ1) is 4.43. The first-order valence-electron chi connectivity index (χ1n) is 2.46. The van der Waals surface area contributed by atoms with E-state index in [2.05, 4.69) is 11.1 Å². The highest BCUT2D eigenvalue weighted by molar-refractivity contribution is 5.18. The second-order valence-corrected chi connectivity index (χ2v) is 1.40. The molecule has 0 N–H and O–H groups in total. The maximum Gasteiger partial charge on any atom is 0.143 e. The molecule has 1 heterocycles. The van der Waals surface area contributed by atoms with Crippen LogP contribution < -0.4 is 4.74 Å². The van der Waals surface area contributed by atoms with Gasteiger partial charge in [0.2, 0.25) is 0 Å². The van der Waals surface area contributed by atoms with Crippen molar-refractivity contribution in [1.29, 1.82) is 0 Å². The highest BCUT2D eigenvalue weighted by atomic mass is 16.5. The van der Waals surface area contributed by atoms with Crippen molar-refractivity contribution in [1.82, 2.24) is 4.98 Å². The van der Waals surface area contributed by atoms with Crippen molar-refractivity contribution in [3.8, 4) is 18.3 Å². The van der Waals surface area contributed by atoms with Gasteiger partial charge in [0.05, 0.1) is 0 Å². The maximum absolute atomic E-state index is 4.87. The average molecular weight is 119 g/mol. The lowest BCUT2D eigenvalue weighted by Gasteiger charge is -1.91. The number of ether oxygens (including phenoxy) is 1. The minimum atomic E-state index is 0.646. The van der Waals surface area contributed by atoms with Gasteiger partial charge >= 0.3 is 0 Å². The zero-order valence-corrected chi connectivity index (χ0v) is 4.74. The lowest BCUT2D eigenvalue weighted by Crippen LogP contribution is -1.79. The van der Waals surface area contributed by atoms with Gasteiger partial charge in [0.15, 0.2) is 0 Å². The molecule has 0 aliphatic carbocycles. The van der Waals surface area contributed by atoms with E-state index in [1.54, 1.807) is 24.5 Å². The van der Waals surface area contributed by atoms with E-state index < -0.39 is 0 Å². The molecule has 1 aromatic heterocycles. The molecule has 0 spiro atoms. The third-order valence-corrected chi connectivity index (χ3v) is 0.827. The van der Waals surface area contributed by atoms with E-state index in [0.29, 0.717) is 5.75 Å². The molecule has 0 atom stereocenters. The van der Waals surface area contributed by atoms with Crippen LogP contribution in [0.4, 0.5) is 0 Å². The van der Waals surface area contributed by atoms with Crippen molar-refractivity contribution in [2.24, 2.45) is 0 Å². The predicted molar refractivity (Wildman–Crippen MR) is 33.7 cm³/mol. The number of aromatic nitrogens is 1. The molecule has 1 aromatic rings. The first kappa shape index (κ1) is 5.64. The fourth-order valence-corrected chi connectivity index (χ4v) is 0.474. The van der Waals surface area contributed by atoms with Gasteiger partial charge in [0.25, 0.3) is 0 Å². The smallest absolute Gasteiger partial charge is 0.143 e. The van der Waals surface area contributed by atoms with Crippen molar-refractivity contribution in [2.45, 2.75) is 0 Å². The summed E-state index contributed by atoms with van der Waals surface area (Å²) >= 11 is 0. The quantitative estimate of drug-likeness (QED) is 0.515. The molecular weight excluding hydrogens is 114 g/mol. The van der Waals surface area contributed by atoms with Gasteiger partial charge in [-0.15, -0.1) is 0 Å². The van der Waals surface area contributed by atoms with E-state index in [0.717, 1.165) is 0 Å². The van der Waals surface area contributed by atoms with E-state index >= 15 is 0 Å². The molecule has 2 nitrogen and oxygen atoms in total. The van der Waals surface area contributed by atoms with E-state index in [-0.39, 0.29) is 0 Å². The molecule has 0 unspecified atom stereocenters. The molecule has 0 aliphatic rings. The van der Waals surface area contributed by atoms with E-state index in [1.807, 2.05) is 0 Å². The lowest BCUT2D eigenvalue weighted by molar-refractivity contribution is 0.520. The topological polar surface area (TPSA) is 22.1 Å². The van der Waals surface area contributed by atoms with Crippen molar-refractivity contribution < 1.29 is 4.74 Å². The molecule has 0 aromatic carbocycles. The Hall–Kier alpha value is -1.49. The first-order valence-corrected chi connectivity index (χ1v) is 2.46. The Morgan fingerprint density at radius 2 is 2.11 bits per heavy atom. The highest BCUT2D eigenvalue weighted by Crippen LogP contribution is 2.04. The molecule has 1 rings (SSSR count). The maximum atomic E-state index is 4.87. The Balaban J connectivity index is 2.76. The van der Waals surface area contributed by atoms with Crippen LogP contribution in [0.5, 0.6) is 5.75 Å². The van der Waals surface area contributed by atoms with Gasteiger partial charge in [-0.3, -0.25) is 4.98 Å². The Kier molecular flexibility index (Phi) is 1.71. The van der Waals surface area contributed by atoms with E-state index in [9.17, 15) is 0 Å². The van der Waals surface area contributed by atoms with Crippen LogP contribution in [0.2, 0.25) is 0 Å². The Labute approximate surface area is 53.5 Å². The summed E-state index contributed by atoms with van der Waals surface area (Å²) in [5.74, 6) is 0.646. The van der Waals surface area contributed by atoms with Crippen molar-refractivity contribution in [2.75, 3.05) is 0 Å². The van der Waals surface area contributed by atoms with E-state index in [1.165, 1.54) is 0 Å². The molecule has 0 fully saturated rings. The van der Waals surface area contributed by atoms with Gasteiger partial charge in [-0.05, 0) is 0 Å². The van der Waals surface area contributed by atoms with Crippen LogP contribution in [0.3, 0.4) is 0 Å². The van der Waals surface area contributed by atoms with Crippen LogP contribution in [0, 0.1) is 12.5 Å². The number of pyridine rings is 1. The molecule has 2 heteroatoms. The third kappa shape index (κ3) is 1.46. The summed E-state index contributed by atoms with van der Waals surface area (Å²) in [5.41, 5.74) is 0. The Morgan fingerprint density at radius 3 is 2.67 bits per heavy atom. The van der Waals surface area contributed by atoms with Crippen molar-refractivity contribution in [3.63, 3.8) is 0 Å². The molecule has 0 amide bonds. The molecule has 0 bridgehead atoms. The molecule has 0 aliphatic heterocycles. The minimum absolute atomic E-state index is 0.646. The molecule has 0 saturated heterocycles. The van der Waals surface area contributed by atoms with Crippen LogP contribution >= 0.6 is 0 Å². The average Bonchev–Trinajstić information content (AvgIpc) is 1.91. The summed E-state index contributed by atoms with van der Waals surface area (Å²) < 4.78 is 4.69. The largest absolute Gasteiger partial charge is 0.408 e. The van der Waals surface area contributed by atoms with Gasteiger partial charge in [0.1, 0.15) is 11.9 Å². The minimum Gasteiger partial charge on any atom is -0.408 e. The number of terminal acetylenes is 1. The monoisotopic (exact) mass is 119 g/mol. The number of hydrogen-bond donors (Lipinski definition) is 0. The summed E-state index contributed by atoms with van der Waals surface area (Å²) in [4.78, 5) is 3.78. The normalized spacial score (nSPS) is 7.89. The molecular formula is C7H5NO. The molecule has 44 valence electrons. The second kappa shape index (κ2) is 2.73. The van der Waals surface area contributed by atoms with Crippen LogP contribution in [0.1, 0.15) is 0 Å². The third-order valence-electron chi connectivity index (χ3n) is 0.827. The van der Waals surface area contributed by atoms with Crippen molar-refractivity contribution >= 4 is 0 Å². The lowest BCUT2D eigenvalue weighted by atomic mass is 10.5. The zero-order chi connectivity index (χ0) is 6.53. The number of rotatable bonds is 1. The molecule has 9 heavy (non-hydrogen) atoms. The van der Waals surface area contributed by atoms with Gasteiger partial charge in [0, 0.05) is 24.5 Å². The zero-order valence-electron chi connectivity index (χ0n) is 4.74. The fourth-order valence-electron chi connectivity index (χ4n) is 0.474. The molecule has 0 saturated carbocycles. The Morgan fingerprint density at radius 1 is 1.44 bits per heavy atom. The van der Waals surface area contributed by atoms with Crippen LogP contribution in [0.25, 0.3) is 0 Å². The van der Waals surface area contributed by atoms with Gasteiger partial charge < -0.3 is 4.74 Å². The highest BCUT2D eigenvalue weighted by Gasteiger charge is 1.84. The summed E-state index contributed by atoms with van der Waals surface area (Å²) in [6, 6.07) is 3.39. The standard InChI is InChI=1S/C7H5NO/c1-2-9-7-3-5-8-6-4-7/h1,3-6H. The predicted octanol–water partition coefficient (Wildman–Crippen LogP) is 1.05. The Bertz CT molecular complexity index is 212. The summed E-state index contributed by atoms with van der Waals surface area (Å²) in [7, 11) is 0. The van der Waals surface area contributed by atoms with Gasteiger partial charge in [-0.2, -0.15) is 0 Å². The number of hydrogen-bond acceptors (Lipinski definition) is 2. The van der Waals surface area contributed by atoms with Crippen molar-refractivity contribution in [3.05, 3.63) is 24.5 Å². The van der Waals surface area contributed by atoms with Gasteiger partial charge in [-0.1, -0.05) is 6.42 Å². The van der Waals surface area contributed by atoms with Gasteiger partial charge in [-0.25, -0.2) is 0 Å². The summed E-state index contributed by atoms with van der Waals surface area (Å²) in [6.45, 7) is 0. The second-order valence-electron chi connectivity index (χ2n) is 1.40. The van der Waals surface area contributed by atoms with Crippen LogP contribution in [-0.4, -0.2) is 4.98 Å². The number of nitrogens with zero attached hydrogens (tertiary/aromatic N) is 1. The molecule has 0 radical (unpaired) electrons. The van der Waals surface area contributed by atoms with Crippen LogP contribution in [0.15, 0.2) is 24.5 Å².